The molecule has 2 N–H and O–H groups in total. The smallest absolute Gasteiger partial charge is 0.303 e. The predicted octanol–water partition coefficient (Wildman–Crippen LogP) is 3.19. The highest BCUT2D eigenvalue weighted by molar-refractivity contribution is 5.94. The average Bonchev–Trinajstić information content (AvgIpc) is 2.93. The number of aryl methyl sites for hydroxylation is 1. The van der Waals surface area contributed by atoms with Crippen LogP contribution < -0.4 is 5.32 Å². The molecule has 156 valence electrons. The summed E-state index contributed by atoms with van der Waals surface area (Å²) in [7, 11) is 0. The summed E-state index contributed by atoms with van der Waals surface area (Å²) in [5.74, 6) is -0.908. The van der Waals surface area contributed by atoms with Gasteiger partial charge in [-0.05, 0) is 76.8 Å². The third kappa shape index (κ3) is 5.03. The van der Waals surface area contributed by atoms with Crippen molar-refractivity contribution in [3.8, 4) is 5.69 Å². The fourth-order valence-corrected chi connectivity index (χ4v) is 3.90. The summed E-state index contributed by atoms with van der Waals surface area (Å²) in [6.45, 7) is 8.56. The van der Waals surface area contributed by atoms with E-state index in [0.29, 0.717) is 18.6 Å². The first-order valence-electron chi connectivity index (χ1n) is 9.98. The molecule has 0 spiro atoms. The van der Waals surface area contributed by atoms with E-state index in [-0.39, 0.29) is 24.0 Å². The molecule has 1 fully saturated rings. The number of nitrogens with zero attached hydrogens (tertiary/aromatic N) is 2. The number of hydrogen-bond donors (Lipinski definition) is 2. The average molecular weight is 399 g/mol. The molecule has 0 aliphatic carbocycles. The Kier molecular flexibility index (Phi) is 6.07. The number of carboxylic acid groups (broad SMARTS) is 1. The van der Waals surface area contributed by atoms with Crippen LogP contribution in [0.5, 0.6) is 0 Å². The van der Waals surface area contributed by atoms with Crippen molar-refractivity contribution in [2.24, 2.45) is 0 Å². The Morgan fingerprint density at radius 2 is 1.97 bits per heavy atom. The molecule has 0 bridgehead atoms. The highest BCUT2D eigenvalue weighted by Crippen LogP contribution is 2.24. The SMILES string of the molecule is Cc1nn(-c2ccc(C(=O)N[C@@H]3CCOC(C)(C)C3)cc2)c(C)c1CCC(=O)O. The number of aliphatic carboxylic acids is 1. The lowest BCUT2D eigenvalue weighted by Crippen LogP contribution is -2.45. The Hall–Kier alpha value is -2.67. The number of nitrogens with one attached hydrogen (secondary N) is 1. The summed E-state index contributed by atoms with van der Waals surface area (Å²) in [6.07, 6.45) is 2.14. The summed E-state index contributed by atoms with van der Waals surface area (Å²) in [5, 5.41) is 16.6. The van der Waals surface area contributed by atoms with E-state index >= 15 is 0 Å². The van der Waals surface area contributed by atoms with Crippen LogP contribution in [0.15, 0.2) is 24.3 Å². The molecular formula is C22H29N3O4. The molecule has 2 heterocycles. The van der Waals surface area contributed by atoms with Gasteiger partial charge in [0.1, 0.15) is 0 Å². The molecule has 1 aliphatic rings. The molecule has 1 atom stereocenters. The topological polar surface area (TPSA) is 93.5 Å². The maximum absolute atomic E-state index is 12.6. The van der Waals surface area contributed by atoms with E-state index in [0.717, 1.165) is 35.5 Å². The van der Waals surface area contributed by atoms with Crippen LogP contribution in [-0.4, -0.2) is 45.0 Å². The van der Waals surface area contributed by atoms with Crippen molar-refractivity contribution in [3.63, 3.8) is 0 Å². The van der Waals surface area contributed by atoms with Crippen molar-refractivity contribution < 1.29 is 19.4 Å². The molecule has 7 nitrogen and oxygen atoms in total. The second-order valence-electron chi connectivity index (χ2n) is 8.27. The van der Waals surface area contributed by atoms with Gasteiger partial charge in [-0.1, -0.05) is 0 Å². The van der Waals surface area contributed by atoms with E-state index in [9.17, 15) is 9.59 Å². The summed E-state index contributed by atoms with van der Waals surface area (Å²) in [5.41, 5.74) is 3.93. The third-order valence-corrected chi connectivity index (χ3v) is 5.44. The number of ether oxygens (including phenoxy) is 1. The van der Waals surface area contributed by atoms with Crippen LogP contribution in [-0.2, 0) is 16.0 Å². The van der Waals surface area contributed by atoms with Crippen molar-refractivity contribution in [2.75, 3.05) is 6.61 Å². The van der Waals surface area contributed by atoms with Gasteiger partial charge < -0.3 is 15.2 Å². The zero-order chi connectivity index (χ0) is 21.2. The minimum absolute atomic E-state index is 0.0789. The maximum Gasteiger partial charge on any atom is 0.303 e. The van der Waals surface area contributed by atoms with Crippen LogP contribution in [0.2, 0.25) is 0 Å². The Bertz CT molecular complexity index is 900. The van der Waals surface area contributed by atoms with Crippen LogP contribution in [0, 0.1) is 13.8 Å². The van der Waals surface area contributed by atoms with Gasteiger partial charge >= 0.3 is 5.97 Å². The van der Waals surface area contributed by atoms with Gasteiger partial charge in [0.05, 0.1) is 17.0 Å². The summed E-state index contributed by atoms with van der Waals surface area (Å²) < 4.78 is 7.51. The van der Waals surface area contributed by atoms with Crippen molar-refractivity contribution in [3.05, 3.63) is 46.8 Å². The zero-order valence-corrected chi connectivity index (χ0v) is 17.5. The van der Waals surface area contributed by atoms with E-state index in [1.165, 1.54) is 0 Å². The van der Waals surface area contributed by atoms with Crippen molar-refractivity contribution >= 4 is 11.9 Å². The van der Waals surface area contributed by atoms with Gasteiger partial charge in [-0.15, -0.1) is 0 Å². The van der Waals surface area contributed by atoms with Gasteiger partial charge in [0.2, 0.25) is 0 Å². The monoisotopic (exact) mass is 399 g/mol. The number of hydrogen-bond acceptors (Lipinski definition) is 4. The molecule has 7 heteroatoms. The summed E-state index contributed by atoms with van der Waals surface area (Å²) >= 11 is 0. The Morgan fingerprint density at radius 3 is 2.59 bits per heavy atom. The Morgan fingerprint density at radius 1 is 1.28 bits per heavy atom. The zero-order valence-electron chi connectivity index (χ0n) is 17.5. The van der Waals surface area contributed by atoms with Crippen molar-refractivity contribution in [1.82, 2.24) is 15.1 Å². The van der Waals surface area contributed by atoms with E-state index in [2.05, 4.69) is 10.4 Å². The maximum atomic E-state index is 12.6. The molecule has 2 aromatic rings. The highest BCUT2D eigenvalue weighted by Gasteiger charge is 2.29. The fraction of sp³-hybridized carbons (Fsp3) is 0.500. The second-order valence-corrected chi connectivity index (χ2v) is 8.27. The molecule has 0 radical (unpaired) electrons. The molecule has 0 unspecified atom stereocenters. The molecule has 1 aromatic heterocycles. The minimum Gasteiger partial charge on any atom is -0.481 e. The first-order valence-corrected chi connectivity index (χ1v) is 9.98. The lowest BCUT2D eigenvalue weighted by Gasteiger charge is -2.35. The van der Waals surface area contributed by atoms with Crippen LogP contribution in [0.3, 0.4) is 0 Å². The predicted molar refractivity (Wildman–Crippen MR) is 110 cm³/mol. The van der Waals surface area contributed by atoms with Gasteiger partial charge in [-0.25, -0.2) is 4.68 Å². The molecule has 1 amide bonds. The van der Waals surface area contributed by atoms with Crippen LogP contribution in [0.4, 0.5) is 0 Å². The van der Waals surface area contributed by atoms with Crippen LogP contribution in [0.1, 0.15) is 60.4 Å². The summed E-state index contributed by atoms with van der Waals surface area (Å²) in [6, 6.07) is 7.43. The number of benzene rings is 1. The van der Waals surface area contributed by atoms with Crippen molar-refractivity contribution in [1.29, 1.82) is 0 Å². The van der Waals surface area contributed by atoms with Crippen molar-refractivity contribution in [2.45, 2.75) is 65.0 Å². The highest BCUT2D eigenvalue weighted by atomic mass is 16.5. The molecule has 1 aromatic carbocycles. The minimum atomic E-state index is -0.820. The molecule has 1 aliphatic heterocycles. The largest absolute Gasteiger partial charge is 0.481 e. The number of amides is 1. The van der Waals surface area contributed by atoms with Gasteiger partial charge in [0, 0.05) is 30.3 Å². The number of carboxylic acids is 1. The van der Waals surface area contributed by atoms with Gasteiger partial charge in [-0.2, -0.15) is 5.10 Å². The number of rotatable bonds is 6. The quantitative estimate of drug-likeness (QED) is 0.778. The standard InChI is InChI=1S/C22H29N3O4/c1-14-19(9-10-20(26)27)15(2)25(24-14)18-7-5-16(6-8-18)21(28)23-17-11-12-29-22(3,4)13-17/h5-8,17H,9-13H2,1-4H3,(H,23,28)(H,26,27)/t17-/m1/s1. The van der Waals surface area contributed by atoms with E-state index in [4.69, 9.17) is 9.84 Å². The lowest BCUT2D eigenvalue weighted by molar-refractivity contribution is -0.136. The lowest BCUT2D eigenvalue weighted by atomic mass is 9.94. The van der Waals surface area contributed by atoms with Crippen LogP contribution in [0.25, 0.3) is 5.69 Å². The van der Waals surface area contributed by atoms with Gasteiger partial charge in [-0.3, -0.25) is 9.59 Å². The molecule has 0 saturated carbocycles. The van der Waals surface area contributed by atoms with E-state index in [1.807, 2.05) is 39.8 Å². The van der Waals surface area contributed by atoms with Crippen LogP contribution >= 0.6 is 0 Å². The summed E-state index contributed by atoms with van der Waals surface area (Å²) in [4.78, 5) is 23.5. The Balaban J connectivity index is 1.71. The molecule has 1 saturated heterocycles. The normalized spacial score (nSPS) is 18.4. The first kappa shape index (κ1) is 21.0. The van der Waals surface area contributed by atoms with Gasteiger partial charge in [0.25, 0.3) is 5.91 Å². The number of carbonyl (C=O) groups excluding carboxylic acids is 1. The second kappa shape index (κ2) is 8.37. The number of aromatic nitrogens is 2. The molecule has 3 rings (SSSR count). The number of carbonyl (C=O) groups is 2. The van der Waals surface area contributed by atoms with E-state index in [1.54, 1.807) is 16.8 Å². The third-order valence-electron chi connectivity index (χ3n) is 5.44. The Labute approximate surface area is 171 Å². The van der Waals surface area contributed by atoms with E-state index < -0.39 is 5.97 Å². The van der Waals surface area contributed by atoms with Gasteiger partial charge in [0.15, 0.2) is 0 Å². The first-order chi connectivity index (χ1) is 13.7. The molecular weight excluding hydrogens is 370 g/mol. The fourth-order valence-electron chi connectivity index (χ4n) is 3.90. The molecule has 29 heavy (non-hydrogen) atoms.